The van der Waals surface area contributed by atoms with Crippen LogP contribution in [-0.4, -0.2) is 25.9 Å². The Morgan fingerprint density at radius 2 is 1.82 bits per heavy atom. The number of hydrogen-bond acceptors (Lipinski definition) is 4. The number of thioether (sulfide) groups is 1. The lowest BCUT2D eigenvalue weighted by atomic mass is 10.1. The van der Waals surface area contributed by atoms with Crippen LogP contribution in [0.1, 0.15) is 23.6 Å². The van der Waals surface area contributed by atoms with Crippen molar-refractivity contribution in [3.63, 3.8) is 0 Å². The van der Waals surface area contributed by atoms with Crippen LogP contribution in [0.5, 0.6) is 0 Å². The second-order valence-electron chi connectivity index (χ2n) is 6.71. The highest BCUT2D eigenvalue weighted by molar-refractivity contribution is 8.00. The smallest absolute Gasteiger partial charge is 0.325 e. The van der Waals surface area contributed by atoms with E-state index in [0.29, 0.717) is 11.7 Å². The Morgan fingerprint density at radius 1 is 1.14 bits per heavy atom. The highest BCUT2D eigenvalue weighted by Gasteiger charge is 2.20. The fourth-order valence-electron chi connectivity index (χ4n) is 2.92. The second kappa shape index (κ2) is 8.93. The maximum absolute atomic E-state index is 12.7. The molecule has 1 heterocycles. The quantitative estimate of drug-likeness (QED) is 0.599. The molecule has 1 atom stereocenters. The van der Waals surface area contributed by atoms with Crippen LogP contribution < -0.4 is 11.0 Å². The molecule has 146 valence electrons. The molecule has 0 aliphatic rings. The topological polar surface area (TPSA) is 79.8 Å². The SMILES string of the molecule is Cc1cccc(C)c1NC(=O)[C@@H](C)Sc1n[nH]c(=O)n1CCc1ccccc1. The van der Waals surface area contributed by atoms with Crippen LogP contribution in [0.2, 0.25) is 0 Å². The molecule has 0 saturated heterocycles. The zero-order valence-electron chi connectivity index (χ0n) is 16.2. The number of carbonyl (C=O) groups excluding carboxylic acids is 1. The van der Waals surface area contributed by atoms with E-state index in [1.165, 1.54) is 11.8 Å². The number of para-hydroxylation sites is 1. The zero-order valence-corrected chi connectivity index (χ0v) is 17.0. The van der Waals surface area contributed by atoms with Gasteiger partial charge in [-0.1, -0.05) is 60.3 Å². The van der Waals surface area contributed by atoms with E-state index >= 15 is 0 Å². The van der Waals surface area contributed by atoms with Crippen LogP contribution in [-0.2, 0) is 17.8 Å². The molecular formula is C21H24N4O2S. The summed E-state index contributed by atoms with van der Waals surface area (Å²) in [6.07, 6.45) is 0.719. The van der Waals surface area contributed by atoms with Gasteiger partial charge < -0.3 is 5.32 Å². The minimum Gasteiger partial charge on any atom is -0.325 e. The lowest BCUT2D eigenvalue weighted by Crippen LogP contribution is -2.25. The summed E-state index contributed by atoms with van der Waals surface area (Å²) in [5, 5.41) is 9.71. The van der Waals surface area contributed by atoms with E-state index in [-0.39, 0.29) is 11.6 Å². The predicted molar refractivity (Wildman–Crippen MR) is 113 cm³/mol. The third-order valence-electron chi connectivity index (χ3n) is 4.57. The molecule has 0 aliphatic carbocycles. The van der Waals surface area contributed by atoms with Crippen LogP contribution >= 0.6 is 11.8 Å². The summed E-state index contributed by atoms with van der Waals surface area (Å²) in [6.45, 7) is 6.26. The first kappa shape index (κ1) is 19.9. The first-order valence-corrected chi connectivity index (χ1v) is 10.1. The average Bonchev–Trinajstić information content (AvgIpc) is 3.03. The van der Waals surface area contributed by atoms with Crippen molar-refractivity contribution in [2.24, 2.45) is 0 Å². The zero-order chi connectivity index (χ0) is 20.1. The molecule has 28 heavy (non-hydrogen) atoms. The van der Waals surface area contributed by atoms with Gasteiger partial charge in [0, 0.05) is 12.2 Å². The van der Waals surface area contributed by atoms with Gasteiger partial charge in [0.1, 0.15) is 0 Å². The van der Waals surface area contributed by atoms with Crippen LogP contribution in [0, 0.1) is 13.8 Å². The molecule has 1 aromatic heterocycles. The van der Waals surface area contributed by atoms with E-state index in [4.69, 9.17) is 0 Å². The van der Waals surface area contributed by atoms with Gasteiger partial charge in [0.2, 0.25) is 5.91 Å². The average molecular weight is 397 g/mol. The third kappa shape index (κ3) is 4.72. The molecule has 0 unspecified atom stereocenters. The number of nitrogens with one attached hydrogen (secondary N) is 2. The molecule has 2 N–H and O–H groups in total. The Hall–Kier alpha value is -2.80. The fourth-order valence-corrected chi connectivity index (χ4v) is 3.81. The number of amides is 1. The number of aromatic nitrogens is 3. The van der Waals surface area contributed by atoms with Gasteiger partial charge in [-0.3, -0.25) is 9.36 Å². The normalized spacial score (nSPS) is 12.0. The first-order valence-electron chi connectivity index (χ1n) is 9.18. The number of aryl methyl sites for hydroxylation is 3. The molecular weight excluding hydrogens is 372 g/mol. The van der Waals surface area contributed by atoms with Crippen molar-refractivity contribution < 1.29 is 4.79 Å². The van der Waals surface area contributed by atoms with Gasteiger partial charge in [0.15, 0.2) is 5.16 Å². The summed E-state index contributed by atoms with van der Waals surface area (Å²) in [5.41, 5.74) is 3.76. The van der Waals surface area contributed by atoms with Crippen LogP contribution in [0.15, 0.2) is 58.5 Å². The van der Waals surface area contributed by atoms with Gasteiger partial charge in [-0.25, -0.2) is 9.89 Å². The van der Waals surface area contributed by atoms with E-state index < -0.39 is 5.25 Å². The van der Waals surface area contributed by atoms with Gasteiger partial charge >= 0.3 is 5.69 Å². The van der Waals surface area contributed by atoms with E-state index in [1.54, 1.807) is 4.57 Å². The van der Waals surface area contributed by atoms with Crippen molar-refractivity contribution in [1.82, 2.24) is 14.8 Å². The Bertz CT molecular complexity index is 990. The third-order valence-corrected chi connectivity index (χ3v) is 5.66. The molecule has 7 heteroatoms. The minimum absolute atomic E-state index is 0.118. The highest BCUT2D eigenvalue weighted by Crippen LogP contribution is 2.24. The highest BCUT2D eigenvalue weighted by atomic mass is 32.2. The summed E-state index contributed by atoms with van der Waals surface area (Å²) in [6, 6.07) is 15.9. The van der Waals surface area contributed by atoms with Crippen molar-refractivity contribution in [3.8, 4) is 0 Å². The number of anilines is 1. The number of carbonyl (C=O) groups is 1. The maximum atomic E-state index is 12.7. The van der Waals surface area contributed by atoms with Gasteiger partial charge in [0.05, 0.1) is 5.25 Å². The lowest BCUT2D eigenvalue weighted by molar-refractivity contribution is -0.115. The Kier molecular flexibility index (Phi) is 6.36. The number of H-pyrrole nitrogens is 1. The van der Waals surface area contributed by atoms with E-state index in [2.05, 4.69) is 15.5 Å². The monoisotopic (exact) mass is 396 g/mol. The fraction of sp³-hybridized carbons (Fsp3) is 0.286. The first-order chi connectivity index (χ1) is 13.5. The van der Waals surface area contributed by atoms with Gasteiger partial charge in [-0.15, -0.1) is 5.10 Å². The maximum Gasteiger partial charge on any atom is 0.343 e. The van der Waals surface area contributed by atoms with E-state index in [9.17, 15) is 9.59 Å². The summed E-state index contributed by atoms with van der Waals surface area (Å²) >= 11 is 1.27. The Balaban J connectivity index is 1.68. The molecule has 0 spiro atoms. The molecule has 0 aliphatic heterocycles. The minimum atomic E-state index is -0.398. The molecule has 0 radical (unpaired) electrons. The lowest BCUT2D eigenvalue weighted by Gasteiger charge is -2.15. The van der Waals surface area contributed by atoms with Crippen molar-refractivity contribution in [2.45, 2.75) is 44.1 Å². The molecule has 0 saturated carbocycles. The van der Waals surface area contributed by atoms with Gasteiger partial charge in [0.25, 0.3) is 0 Å². The number of rotatable bonds is 7. The van der Waals surface area contributed by atoms with Crippen molar-refractivity contribution in [2.75, 3.05) is 5.32 Å². The van der Waals surface area contributed by atoms with E-state index in [1.807, 2.05) is 69.3 Å². The van der Waals surface area contributed by atoms with Crippen LogP contribution in [0.4, 0.5) is 5.69 Å². The predicted octanol–water partition coefficient (Wildman–Crippen LogP) is 3.55. The second-order valence-corrected chi connectivity index (χ2v) is 8.02. The van der Waals surface area contributed by atoms with E-state index in [0.717, 1.165) is 28.8 Å². The van der Waals surface area contributed by atoms with Gasteiger partial charge in [-0.2, -0.15) is 0 Å². The molecule has 3 rings (SSSR count). The number of benzene rings is 2. The summed E-state index contributed by atoms with van der Waals surface area (Å²) in [5.74, 6) is -0.118. The molecule has 2 aromatic carbocycles. The van der Waals surface area contributed by atoms with Gasteiger partial charge in [-0.05, 0) is 43.9 Å². The van der Waals surface area contributed by atoms with Crippen molar-refractivity contribution in [3.05, 3.63) is 75.7 Å². The van der Waals surface area contributed by atoms with Crippen LogP contribution in [0.3, 0.4) is 0 Å². The summed E-state index contributed by atoms with van der Waals surface area (Å²) in [7, 11) is 0. The molecule has 0 bridgehead atoms. The number of nitrogens with zero attached hydrogens (tertiary/aromatic N) is 2. The standard InChI is InChI=1S/C21H24N4O2S/c1-14-8-7-9-15(2)18(14)22-19(26)16(3)28-21-24-23-20(27)25(21)13-12-17-10-5-4-6-11-17/h4-11,16H,12-13H2,1-3H3,(H,22,26)(H,23,27)/t16-/m1/s1. The van der Waals surface area contributed by atoms with Crippen molar-refractivity contribution in [1.29, 1.82) is 0 Å². The molecule has 0 fully saturated rings. The van der Waals surface area contributed by atoms with Crippen LogP contribution in [0.25, 0.3) is 0 Å². The molecule has 1 amide bonds. The summed E-state index contributed by atoms with van der Waals surface area (Å²) < 4.78 is 1.58. The largest absolute Gasteiger partial charge is 0.343 e. The Labute approximate surface area is 168 Å². The molecule has 6 nitrogen and oxygen atoms in total. The van der Waals surface area contributed by atoms with Crippen molar-refractivity contribution >= 4 is 23.4 Å². The molecule has 3 aromatic rings. The number of hydrogen-bond donors (Lipinski definition) is 2. The number of aromatic amines is 1. The summed E-state index contributed by atoms with van der Waals surface area (Å²) in [4.78, 5) is 24.8. The Morgan fingerprint density at radius 3 is 2.50 bits per heavy atom.